The van der Waals surface area contributed by atoms with Gasteiger partial charge in [-0.15, -0.1) is 0 Å². The first-order valence-electron chi connectivity index (χ1n) is 27.1. The van der Waals surface area contributed by atoms with E-state index in [0.717, 1.165) is 50.7 Å². The van der Waals surface area contributed by atoms with Gasteiger partial charge in [-0.2, -0.15) is 8.42 Å². The molecule has 1 aromatic carbocycles. The Kier molecular flexibility index (Phi) is 41.3. The topological polar surface area (TPSA) is 107 Å². The van der Waals surface area contributed by atoms with Crippen LogP contribution in [0.15, 0.2) is 47.4 Å². The monoisotopic (exact) mass is 915 g/mol. The highest BCUT2D eigenvalue weighted by molar-refractivity contribution is 7.85. The number of unbranched alkanes of at least 4 members (excludes halogenated alkanes) is 36. The Morgan fingerprint density at radius 3 is 0.969 bits per heavy atom. The minimum Gasteiger partial charge on any atom is -0.462 e. The van der Waals surface area contributed by atoms with Gasteiger partial charge in [0.15, 0.2) is 0 Å². The molecule has 1 rings (SSSR count). The summed E-state index contributed by atoms with van der Waals surface area (Å²) >= 11 is 0. The van der Waals surface area contributed by atoms with E-state index in [1.54, 1.807) is 0 Å². The van der Waals surface area contributed by atoms with Crippen LogP contribution in [0, 0.1) is 0 Å². The predicted octanol–water partition coefficient (Wildman–Crippen LogP) is 18.0. The van der Waals surface area contributed by atoms with E-state index < -0.39 is 27.0 Å². The van der Waals surface area contributed by atoms with E-state index in [1.807, 2.05) is 0 Å². The summed E-state index contributed by atoms with van der Waals surface area (Å²) in [5, 5.41) is 0. The molecule has 0 spiro atoms. The van der Waals surface area contributed by atoms with Crippen molar-refractivity contribution in [3.05, 3.63) is 53.6 Å². The van der Waals surface area contributed by atoms with E-state index in [-0.39, 0.29) is 24.3 Å². The third kappa shape index (κ3) is 36.7. The molecule has 0 saturated carbocycles. The third-order valence-corrected chi connectivity index (χ3v) is 13.4. The first-order valence-corrected chi connectivity index (χ1v) is 28.5. The fourth-order valence-corrected chi connectivity index (χ4v) is 8.84. The van der Waals surface area contributed by atoms with Crippen LogP contribution in [0.5, 0.6) is 0 Å². The summed E-state index contributed by atoms with van der Waals surface area (Å²) in [4.78, 5) is 25.5. The van der Waals surface area contributed by atoms with Crippen LogP contribution < -0.4 is 0 Å². The first kappa shape index (κ1) is 59.6. The molecule has 7 nitrogen and oxygen atoms in total. The van der Waals surface area contributed by atoms with Crippen LogP contribution in [0.2, 0.25) is 0 Å². The van der Waals surface area contributed by atoms with Crippen LogP contribution in [0.3, 0.4) is 0 Å². The second-order valence-corrected chi connectivity index (χ2v) is 20.0. The van der Waals surface area contributed by atoms with Crippen molar-refractivity contribution in [2.45, 2.75) is 276 Å². The molecule has 0 saturated heterocycles. The Hall–Kier alpha value is -2.45. The number of rotatable bonds is 47. The van der Waals surface area contributed by atoms with E-state index >= 15 is 0 Å². The van der Waals surface area contributed by atoms with Gasteiger partial charge in [0.2, 0.25) is 0 Å². The second kappa shape index (κ2) is 44.4. The maximum absolute atomic E-state index is 13.0. The van der Waals surface area contributed by atoms with Gasteiger partial charge >= 0.3 is 11.9 Å². The molecule has 0 aliphatic carbocycles. The molecule has 0 amide bonds. The van der Waals surface area contributed by atoms with Crippen LogP contribution in [0.25, 0.3) is 0 Å². The van der Waals surface area contributed by atoms with Gasteiger partial charge in [0.25, 0.3) is 10.1 Å². The smallest absolute Gasteiger partial charge is 0.339 e. The van der Waals surface area contributed by atoms with Crippen LogP contribution in [-0.4, -0.2) is 38.1 Å². The maximum atomic E-state index is 13.0. The zero-order chi connectivity index (χ0) is 46.4. The van der Waals surface area contributed by atoms with Crippen LogP contribution in [0.1, 0.15) is 291 Å². The lowest BCUT2D eigenvalue weighted by atomic mass is 10.0. The molecule has 0 atom stereocenters. The summed E-state index contributed by atoms with van der Waals surface area (Å²) in [6.45, 7) is 4.94. The number of allylic oxidation sites excluding steroid dienone is 4. The number of hydrogen-bond donors (Lipinski definition) is 1. The molecule has 8 heteroatoms. The lowest BCUT2D eigenvalue weighted by molar-refractivity contribution is 0.0450. The lowest BCUT2D eigenvalue weighted by Crippen LogP contribution is -2.16. The van der Waals surface area contributed by atoms with Gasteiger partial charge in [-0.1, -0.05) is 231 Å². The number of benzene rings is 1. The highest BCUT2D eigenvalue weighted by Crippen LogP contribution is 2.20. The van der Waals surface area contributed by atoms with Crippen molar-refractivity contribution in [3.8, 4) is 0 Å². The molecule has 0 fully saturated rings. The highest BCUT2D eigenvalue weighted by Gasteiger charge is 2.23. The average Bonchev–Trinajstić information content (AvgIpc) is 3.28. The molecule has 0 aliphatic rings. The number of ether oxygens (including phenoxy) is 2. The Bertz CT molecular complexity index is 1400. The summed E-state index contributed by atoms with van der Waals surface area (Å²) in [5.41, 5.74) is -0.263. The summed E-state index contributed by atoms with van der Waals surface area (Å²) in [7, 11) is -4.57. The van der Waals surface area contributed by atoms with Crippen molar-refractivity contribution in [3.63, 3.8) is 0 Å². The molecule has 0 unspecified atom stereocenters. The summed E-state index contributed by atoms with van der Waals surface area (Å²) < 4.78 is 44.2. The van der Waals surface area contributed by atoms with Crippen molar-refractivity contribution in [2.75, 3.05) is 13.2 Å². The lowest BCUT2D eigenvalue weighted by Gasteiger charge is -2.11. The van der Waals surface area contributed by atoms with Crippen LogP contribution in [-0.2, 0) is 19.6 Å². The first-order chi connectivity index (χ1) is 31.3. The highest BCUT2D eigenvalue weighted by atomic mass is 32.2. The number of esters is 2. The molecule has 1 N–H and O–H groups in total. The fraction of sp³-hybridized carbons (Fsp3) is 0.786. The molecular formula is C56H98O7S. The van der Waals surface area contributed by atoms with Crippen molar-refractivity contribution in [1.29, 1.82) is 0 Å². The van der Waals surface area contributed by atoms with Gasteiger partial charge in [0.05, 0.1) is 29.2 Å². The van der Waals surface area contributed by atoms with Crippen molar-refractivity contribution in [2.24, 2.45) is 0 Å². The summed E-state index contributed by atoms with van der Waals surface area (Å²) in [6.07, 6.45) is 59.6. The number of hydrogen-bond acceptors (Lipinski definition) is 6. The van der Waals surface area contributed by atoms with Crippen molar-refractivity contribution < 1.29 is 32.0 Å². The SMILES string of the molecule is CCCCCCCC/C=C/CCCCCCCCCCCCCCOC(=O)c1ccc(S(=O)(=O)O)cc1C(=O)OCCCCCCCCCCCCCC/C=C/CCCCCCCC. The molecule has 0 aliphatic heterocycles. The Morgan fingerprint density at radius 1 is 0.406 bits per heavy atom. The second-order valence-electron chi connectivity index (χ2n) is 18.6. The zero-order valence-corrected chi connectivity index (χ0v) is 42.4. The average molecular weight is 915 g/mol. The molecule has 0 heterocycles. The van der Waals surface area contributed by atoms with Gasteiger partial charge in [-0.25, -0.2) is 9.59 Å². The minimum atomic E-state index is -4.57. The quantitative estimate of drug-likeness (QED) is 0.0300. The standard InChI is InChI=1S/C56H98O7S/c1-3-5-7-9-11-13-15-17-19-21-23-25-27-29-31-33-35-37-39-41-43-45-49-62-55(57)53-48-47-52(64(59,60)61)51-54(53)56(58)63-50-46-44-42-40-38-36-34-32-30-28-26-24-22-20-18-16-14-12-10-8-6-4-2/h17-20,47-48,51H,3-16,21-46,49-50H2,1-2H3,(H,59,60,61)/b19-17+,20-18+. The van der Waals surface area contributed by atoms with E-state index in [9.17, 15) is 22.6 Å². The van der Waals surface area contributed by atoms with Crippen molar-refractivity contribution in [1.82, 2.24) is 0 Å². The minimum absolute atomic E-state index is 0.0562. The molecular weight excluding hydrogens is 817 g/mol. The number of carbonyl (C=O) groups excluding carboxylic acids is 2. The van der Waals surface area contributed by atoms with Gasteiger partial charge in [0, 0.05) is 0 Å². The molecule has 1 aromatic rings. The third-order valence-electron chi connectivity index (χ3n) is 12.5. The van der Waals surface area contributed by atoms with E-state index in [2.05, 4.69) is 38.2 Å². The zero-order valence-electron chi connectivity index (χ0n) is 41.5. The van der Waals surface area contributed by atoms with Crippen LogP contribution >= 0.6 is 0 Å². The van der Waals surface area contributed by atoms with Crippen LogP contribution in [0.4, 0.5) is 0 Å². The molecule has 370 valence electrons. The largest absolute Gasteiger partial charge is 0.462 e. The van der Waals surface area contributed by atoms with Crippen molar-refractivity contribution >= 4 is 22.1 Å². The van der Waals surface area contributed by atoms with E-state index in [0.29, 0.717) is 6.42 Å². The predicted molar refractivity (Wildman–Crippen MR) is 271 cm³/mol. The molecule has 0 radical (unpaired) electrons. The molecule has 64 heavy (non-hydrogen) atoms. The Labute approximate surface area is 394 Å². The van der Waals surface area contributed by atoms with Gasteiger partial charge in [-0.05, 0) is 82.4 Å². The fourth-order valence-electron chi connectivity index (χ4n) is 8.34. The molecule has 0 bridgehead atoms. The molecule has 0 aromatic heterocycles. The van der Waals surface area contributed by atoms with E-state index in [4.69, 9.17) is 9.47 Å². The number of carbonyl (C=O) groups is 2. The summed E-state index contributed by atoms with van der Waals surface area (Å²) in [6, 6.07) is 3.33. The Morgan fingerprint density at radius 2 is 0.672 bits per heavy atom. The summed E-state index contributed by atoms with van der Waals surface area (Å²) in [5.74, 6) is -1.49. The van der Waals surface area contributed by atoms with Gasteiger partial charge < -0.3 is 9.47 Å². The normalized spacial score (nSPS) is 11.9. The maximum Gasteiger partial charge on any atom is 0.339 e. The van der Waals surface area contributed by atoms with Gasteiger partial charge in [-0.3, -0.25) is 4.55 Å². The van der Waals surface area contributed by atoms with Gasteiger partial charge in [0.1, 0.15) is 0 Å². The van der Waals surface area contributed by atoms with E-state index in [1.165, 1.54) is 218 Å². The Balaban J connectivity index is 2.10.